The largest absolute Gasteiger partial charge is 0.419 e. The standard InChI is InChI=1S/C30H39ClN8O4S/c1-19-14-22(19)17-39(12-13-42-6)24-15-23(28-35-36-29(43-28)30(3,32)16-21-10-8-7-9-11-21)26(31)27(34-24)38(5)44(40,41)25-18-37(4)20(2)33-25/h7-11,15,18-19,22H,12-14,16-17,32H2,1-6H3/t19?,22?,30-/m1/s1. The second-order valence-corrected chi connectivity index (χ2v) is 14.1. The number of pyridine rings is 1. The number of aryl methyl sites for hydroxylation is 2. The third kappa shape index (κ3) is 6.60. The van der Waals surface area contributed by atoms with Crippen molar-refractivity contribution in [1.29, 1.82) is 0 Å². The molecular weight excluding hydrogens is 604 g/mol. The first kappa shape index (κ1) is 31.9. The maximum atomic E-state index is 13.7. The minimum Gasteiger partial charge on any atom is -0.419 e. The van der Waals surface area contributed by atoms with Crippen molar-refractivity contribution >= 4 is 33.3 Å². The summed E-state index contributed by atoms with van der Waals surface area (Å²) in [4.78, 5) is 11.1. The zero-order valence-corrected chi connectivity index (χ0v) is 27.4. The Kier molecular flexibility index (Phi) is 9.04. The van der Waals surface area contributed by atoms with Gasteiger partial charge in [-0.15, -0.1) is 10.2 Å². The molecular formula is C30H39ClN8O4S. The van der Waals surface area contributed by atoms with Crippen LogP contribution < -0.4 is 14.9 Å². The van der Waals surface area contributed by atoms with E-state index in [0.717, 1.165) is 22.8 Å². The zero-order chi connectivity index (χ0) is 31.8. The average molecular weight is 643 g/mol. The van der Waals surface area contributed by atoms with Crippen molar-refractivity contribution in [1.82, 2.24) is 24.7 Å². The van der Waals surface area contributed by atoms with Crippen LogP contribution in [0.25, 0.3) is 11.5 Å². The molecule has 0 spiro atoms. The molecule has 1 aliphatic carbocycles. The Labute approximate surface area is 263 Å². The van der Waals surface area contributed by atoms with Crippen LogP contribution in [-0.4, -0.2) is 67.0 Å². The summed E-state index contributed by atoms with van der Waals surface area (Å²) in [7, 11) is 0.648. The van der Waals surface area contributed by atoms with Crippen LogP contribution in [0.5, 0.6) is 0 Å². The van der Waals surface area contributed by atoms with Crippen LogP contribution >= 0.6 is 11.6 Å². The Bertz CT molecular complexity index is 1700. The van der Waals surface area contributed by atoms with Gasteiger partial charge in [0.15, 0.2) is 10.8 Å². The van der Waals surface area contributed by atoms with Gasteiger partial charge in [0.05, 0.1) is 22.7 Å². The van der Waals surface area contributed by atoms with Gasteiger partial charge in [0.2, 0.25) is 11.8 Å². The fourth-order valence-corrected chi connectivity index (χ4v) is 6.56. The molecule has 5 rings (SSSR count). The second-order valence-electron chi connectivity index (χ2n) is 11.8. The lowest BCUT2D eigenvalue weighted by atomic mass is 9.94. The first-order chi connectivity index (χ1) is 20.8. The van der Waals surface area contributed by atoms with E-state index in [-0.39, 0.29) is 27.6 Å². The molecule has 2 unspecified atom stereocenters. The number of aromatic nitrogens is 5. The van der Waals surface area contributed by atoms with E-state index >= 15 is 0 Å². The van der Waals surface area contributed by atoms with Gasteiger partial charge in [-0.05, 0) is 50.2 Å². The molecule has 3 aromatic heterocycles. The van der Waals surface area contributed by atoms with E-state index < -0.39 is 15.6 Å². The van der Waals surface area contributed by atoms with Gasteiger partial charge in [0.1, 0.15) is 11.6 Å². The fourth-order valence-electron chi connectivity index (χ4n) is 5.03. The number of imidazole rings is 1. The molecule has 2 N–H and O–H groups in total. The maximum absolute atomic E-state index is 13.7. The first-order valence-corrected chi connectivity index (χ1v) is 16.2. The number of rotatable bonds is 13. The number of anilines is 2. The molecule has 14 heteroatoms. The highest BCUT2D eigenvalue weighted by Crippen LogP contribution is 2.42. The van der Waals surface area contributed by atoms with Crippen LogP contribution in [0.2, 0.25) is 5.02 Å². The number of benzene rings is 1. The lowest BCUT2D eigenvalue weighted by Crippen LogP contribution is -2.35. The van der Waals surface area contributed by atoms with E-state index in [1.165, 1.54) is 13.2 Å². The third-order valence-electron chi connectivity index (χ3n) is 8.11. The van der Waals surface area contributed by atoms with E-state index in [2.05, 4.69) is 27.0 Å². The highest BCUT2D eigenvalue weighted by molar-refractivity contribution is 7.92. The highest BCUT2D eigenvalue weighted by atomic mass is 35.5. The van der Waals surface area contributed by atoms with Crippen molar-refractivity contribution in [2.24, 2.45) is 24.6 Å². The normalized spacial score (nSPS) is 17.8. The Morgan fingerprint density at radius 3 is 2.55 bits per heavy atom. The Hall–Kier alpha value is -3.52. The van der Waals surface area contributed by atoms with Crippen molar-refractivity contribution in [2.45, 2.75) is 44.2 Å². The lowest BCUT2D eigenvalue weighted by Gasteiger charge is -2.27. The van der Waals surface area contributed by atoms with Crippen LogP contribution in [0.4, 0.5) is 11.6 Å². The van der Waals surface area contributed by atoms with Crippen molar-refractivity contribution < 1.29 is 17.6 Å². The molecule has 0 amide bonds. The average Bonchev–Trinajstić information content (AvgIpc) is 3.32. The smallest absolute Gasteiger partial charge is 0.284 e. The molecule has 1 aliphatic rings. The van der Waals surface area contributed by atoms with Crippen molar-refractivity contribution in [3.63, 3.8) is 0 Å². The van der Waals surface area contributed by atoms with Crippen LogP contribution in [-0.2, 0) is 33.8 Å². The maximum Gasteiger partial charge on any atom is 0.284 e. The van der Waals surface area contributed by atoms with Crippen LogP contribution in [0.1, 0.15) is 37.5 Å². The molecule has 0 radical (unpaired) electrons. The molecule has 12 nitrogen and oxygen atoms in total. The van der Waals surface area contributed by atoms with Crippen molar-refractivity contribution in [3.8, 4) is 11.5 Å². The van der Waals surface area contributed by atoms with Gasteiger partial charge in [-0.2, -0.15) is 8.42 Å². The van der Waals surface area contributed by atoms with Crippen molar-refractivity contribution in [3.05, 3.63) is 64.9 Å². The molecule has 0 saturated heterocycles. The Morgan fingerprint density at radius 2 is 1.93 bits per heavy atom. The highest BCUT2D eigenvalue weighted by Gasteiger charge is 2.36. The van der Waals surface area contributed by atoms with E-state index in [4.69, 9.17) is 31.5 Å². The summed E-state index contributed by atoms with van der Waals surface area (Å²) in [5.74, 6) is 2.47. The van der Waals surface area contributed by atoms with Gasteiger partial charge >= 0.3 is 0 Å². The van der Waals surface area contributed by atoms with Crippen LogP contribution in [0.3, 0.4) is 0 Å². The first-order valence-electron chi connectivity index (χ1n) is 14.4. The number of ether oxygens (including phenoxy) is 1. The number of nitrogens with two attached hydrogens (primary N) is 1. The van der Waals surface area contributed by atoms with Gasteiger partial charge in [0.25, 0.3) is 10.0 Å². The number of hydrogen-bond acceptors (Lipinski definition) is 10. The predicted octanol–water partition coefficient (Wildman–Crippen LogP) is 4.18. The molecule has 44 heavy (non-hydrogen) atoms. The number of nitrogens with zero attached hydrogens (tertiary/aromatic N) is 7. The molecule has 3 heterocycles. The summed E-state index contributed by atoms with van der Waals surface area (Å²) in [6.07, 6.45) is 3.02. The lowest BCUT2D eigenvalue weighted by molar-refractivity contribution is 0.204. The molecule has 1 fully saturated rings. The molecule has 0 bridgehead atoms. The Balaban J connectivity index is 1.59. The second kappa shape index (κ2) is 12.5. The monoisotopic (exact) mass is 642 g/mol. The number of hydrogen-bond donors (Lipinski definition) is 1. The summed E-state index contributed by atoms with van der Waals surface area (Å²) >= 11 is 6.95. The van der Waals surface area contributed by atoms with Gasteiger partial charge < -0.3 is 24.4 Å². The van der Waals surface area contributed by atoms with E-state index in [1.54, 1.807) is 31.7 Å². The van der Waals surface area contributed by atoms with Crippen LogP contribution in [0, 0.1) is 18.8 Å². The summed E-state index contributed by atoms with van der Waals surface area (Å²) in [6, 6.07) is 11.5. The molecule has 236 valence electrons. The summed E-state index contributed by atoms with van der Waals surface area (Å²) in [5, 5.41) is 8.50. The van der Waals surface area contributed by atoms with Gasteiger partial charge in [-0.3, -0.25) is 4.31 Å². The number of methoxy groups -OCH3 is 1. The molecule has 1 saturated carbocycles. The van der Waals surface area contributed by atoms with Gasteiger partial charge in [0, 0.05) is 40.5 Å². The molecule has 1 aromatic carbocycles. The number of halogens is 1. The van der Waals surface area contributed by atoms with Crippen LogP contribution in [0.15, 0.2) is 52.0 Å². The van der Waals surface area contributed by atoms with E-state index in [1.807, 2.05) is 37.3 Å². The quantitative estimate of drug-likeness (QED) is 0.225. The number of sulfonamides is 1. The Morgan fingerprint density at radius 1 is 1.23 bits per heavy atom. The van der Waals surface area contributed by atoms with Gasteiger partial charge in [-0.25, -0.2) is 9.97 Å². The van der Waals surface area contributed by atoms with Crippen molar-refractivity contribution in [2.75, 3.05) is 43.1 Å². The van der Waals surface area contributed by atoms with E-state index in [0.29, 0.717) is 48.6 Å². The fraction of sp³-hybridized carbons (Fsp3) is 0.467. The molecule has 4 aromatic rings. The van der Waals surface area contributed by atoms with Gasteiger partial charge in [-0.1, -0.05) is 48.9 Å². The third-order valence-corrected chi connectivity index (χ3v) is 10.1. The summed E-state index contributed by atoms with van der Waals surface area (Å²) < 4.78 is 41.7. The molecule has 0 aliphatic heterocycles. The topological polar surface area (TPSA) is 146 Å². The SMILES string of the molecule is COCCN(CC1CC1C)c1cc(-c2nnc([C@](C)(N)Cc3ccccc3)o2)c(Cl)c(N(C)S(=O)(=O)c2cn(C)c(C)n2)n1. The van der Waals surface area contributed by atoms with E-state index in [9.17, 15) is 8.42 Å². The summed E-state index contributed by atoms with van der Waals surface area (Å²) in [6.45, 7) is 7.47. The zero-order valence-electron chi connectivity index (χ0n) is 25.9. The predicted molar refractivity (Wildman–Crippen MR) is 169 cm³/mol. The minimum absolute atomic E-state index is 0.00767. The molecule has 3 atom stereocenters. The minimum atomic E-state index is -4.12. The summed E-state index contributed by atoms with van der Waals surface area (Å²) in [5.41, 5.74) is 7.05.